The molecule has 1 aromatic rings. The van der Waals surface area contributed by atoms with Crippen molar-refractivity contribution in [1.29, 1.82) is 0 Å². The lowest BCUT2D eigenvalue weighted by Crippen LogP contribution is -2.41. The van der Waals surface area contributed by atoms with Gasteiger partial charge in [0.25, 0.3) is 5.91 Å². The Morgan fingerprint density at radius 1 is 1.61 bits per heavy atom. The first-order chi connectivity index (χ1) is 8.49. The van der Waals surface area contributed by atoms with Gasteiger partial charge in [-0.1, -0.05) is 0 Å². The Bertz CT molecular complexity index is 425. The Balaban J connectivity index is 2.79. The summed E-state index contributed by atoms with van der Waals surface area (Å²) in [6, 6.07) is 3.42. The highest BCUT2D eigenvalue weighted by Gasteiger charge is 2.19. The highest BCUT2D eigenvalue weighted by molar-refractivity contribution is 7.99. The van der Waals surface area contributed by atoms with E-state index in [1.54, 1.807) is 6.92 Å². The lowest BCUT2D eigenvalue weighted by molar-refractivity contribution is 0.0936. The first-order valence-electron chi connectivity index (χ1n) is 5.49. The van der Waals surface area contributed by atoms with Crippen molar-refractivity contribution in [2.45, 2.75) is 18.2 Å². The topological polar surface area (TPSA) is 75.3 Å². The number of anilines is 1. The summed E-state index contributed by atoms with van der Waals surface area (Å²) in [5.41, 5.74) is 5.96. The maximum atomic E-state index is 13.1. The van der Waals surface area contributed by atoms with Gasteiger partial charge in [-0.3, -0.25) is 4.79 Å². The molecule has 18 heavy (non-hydrogen) atoms. The number of halogens is 1. The van der Waals surface area contributed by atoms with E-state index < -0.39 is 11.7 Å². The van der Waals surface area contributed by atoms with Crippen molar-refractivity contribution in [1.82, 2.24) is 5.32 Å². The zero-order chi connectivity index (χ0) is 13.7. The van der Waals surface area contributed by atoms with Crippen LogP contribution in [0.15, 0.2) is 18.2 Å². The SMILES string of the molecule is CSC(CO)C(C)NC(=O)c1cc(F)ccc1N. The highest BCUT2D eigenvalue weighted by atomic mass is 32.2. The van der Waals surface area contributed by atoms with Crippen LogP contribution in [0, 0.1) is 5.82 Å². The second-order valence-corrected chi connectivity index (χ2v) is 5.03. The molecule has 0 fully saturated rings. The van der Waals surface area contributed by atoms with Gasteiger partial charge in [-0.25, -0.2) is 4.39 Å². The molecule has 6 heteroatoms. The summed E-state index contributed by atoms with van der Waals surface area (Å²) >= 11 is 1.45. The summed E-state index contributed by atoms with van der Waals surface area (Å²) in [6.07, 6.45) is 1.85. The minimum Gasteiger partial charge on any atom is -0.398 e. The zero-order valence-corrected chi connectivity index (χ0v) is 11.1. The molecule has 0 aliphatic carbocycles. The molecule has 4 N–H and O–H groups in total. The molecule has 0 saturated heterocycles. The van der Waals surface area contributed by atoms with Crippen molar-refractivity contribution in [2.75, 3.05) is 18.6 Å². The van der Waals surface area contributed by atoms with Crippen LogP contribution in [0.2, 0.25) is 0 Å². The largest absolute Gasteiger partial charge is 0.398 e. The minimum atomic E-state index is -0.509. The van der Waals surface area contributed by atoms with E-state index in [2.05, 4.69) is 5.32 Å². The van der Waals surface area contributed by atoms with Gasteiger partial charge in [0.1, 0.15) is 5.82 Å². The van der Waals surface area contributed by atoms with Crippen molar-refractivity contribution in [3.8, 4) is 0 Å². The third-order valence-corrected chi connectivity index (χ3v) is 3.82. The van der Waals surface area contributed by atoms with E-state index in [0.29, 0.717) is 0 Å². The van der Waals surface area contributed by atoms with Crippen LogP contribution in [0.3, 0.4) is 0 Å². The van der Waals surface area contributed by atoms with E-state index in [-0.39, 0.29) is 29.1 Å². The third-order valence-electron chi connectivity index (χ3n) is 2.66. The molecular weight excluding hydrogens is 255 g/mol. The van der Waals surface area contributed by atoms with Gasteiger partial charge in [-0.05, 0) is 31.4 Å². The molecule has 0 aliphatic heterocycles. The molecule has 1 amide bonds. The number of aliphatic hydroxyl groups excluding tert-OH is 1. The van der Waals surface area contributed by atoms with Crippen LogP contribution >= 0.6 is 11.8 Å². The maximum Gasteiger partial charge on any atom is 0.253 e. The normalized spacial score (nSPS) is 14.0. The number of hydrogen-bond donors (Lipinski definition) is 3. The van der Waals surface area contributed by atoms with Gasteiger partial charge >= 0.3 is 0 Å². The number of nitrogens with two attached hydrogens (primary N) is 1. The smallest absolute Gasteiger partial charge is 0.253 e. The van der Waals surface area contributed by atoms with E-state index in [1.165, 1.54) is 23.9 Å². The fraction of sp³-hybridized carbons (Fsp3) is 0.417. The van der Waals surface area contributed by atoms with Crippen LogP contribution in [0.4, 0.5) is 10.1 Å². The van der Waals surface area contributed by atoms with Crippen molar-refractivity contribution < 1.29 is 14.3 Å². The predicted octanol–water partition coefficient (Wildman–Crippen LogP) is 1.25. The molecule has 0 bridgehead atoms. The summed E-state index contributed by atoms with van der Waals surface area (Å²) in [4.78, 5) is 11.9. The Morgan fingerprint density at radius 2 is 2.28 bits per heavy atom. The molecule has 100 valence electrons. The molecule has 1 rings (SSSR count). The number of rotatable bonds is 5. The van der Waals surface area contributed by atoms with E-state index in [9.17, 15) is 9.18 Å². The second kappa shape index (κ2) is 6.61. The van der Waals surface area contributed by atoms with E-state index in [4.69, 9.17) is 10.8 Å². The van der Waals surface area contributed by atoms with Gasteiger partial charge in [0, 0.05) is 17.0 Å². The second-order valence-electron chi connectivity index (χ2n) is 3.95. The van der Waals surface area contributed by atoms with Crippen LogP contribution in [0.25, 0.3) is 0 Å². The molecule has 0 heterocycles. The van der Waals surface area contributed by atoms with Crippen LogP contribution in [-0.4, -0.2) is 35.2 Å². The molecule has 0 spiro atoms. The highest BCUT2D eigenvalue weighted by Crippen LogP contribution is 2.15. The number of nitrogen functional groups attached to an aromatic ring is 1. The average molecular weight is 272 g/mol. The zero-order valence-electron chi connectivity index (χ0n) is 10.3. The lowest BCUT2D eigenvalue weighted by Gasteiger charge is -2.21. The van der Waals surface area contributed by atoms with E-state index in [1.807, 2.05) is 6.26 Å². The van der Waals surface area contributed by atoms with Gasteiger partial charge < -0.3 is 16.2 Å². The fourth-order valence-electron chi connectivity index (χ4n) is 1.54. The van der Waals surface area contributed by atoms with Crippen LogP contribution in [-0.2, 0) is 0 Å². The van der Waals surface area contributed by atoms with E-state index in [0.717, 1.165) is 6.07 Å². The lowest BCUT2D eigenvalue weighted by atomic mass is 10.1. The standard InChI is InChI=1S/C12H17FN2O2S/c1-7(11(6-16)18-2)15-12(17)9-5-8(13)3-4-10(9)14/h3-5,7,11,16H,6,14H2,1-2H3,(H,15,17). The Kier molecular flexibility index (Phi) is 5.43. The third kappa shape index (κ3) is 3.61. The Hall–Kier alpha value is -1.27. The monoisotopic (exact) mass is 272 g/mol. The van der Waals surface area contributed by atoms with Crippen molar-refractivity contribution >= 4 is 23.4 Å². The summed E-state index contributed by atoms with van der Waals surface area (Å²) in [5.74, 6) is -0.947. The molecule has 2 atom stereocenters. The van der Waals surface area contributed by atoms with Crippen molar-refractivity contribution in [3.05, 3.63) is 29.6 Å². The molecule has 0 radical (unpaired) electrons. The number of thioether (sulfide) groups is 1. The molecule has 1 aromatic carbocycles. The fourth-order valence-corrected chi connectivity index (χ4v) is 2.16. The molecular formula is C12H17FN2O2S. The molecule has 0 aromatic heterocycles. The number of aliphatic hydroxyl groups is 1. The first-order valence-corrected chi connectivity index (χ1v) is 6.78. The number of carbonyl (C=O) groups excluding carboxylic acids is 1. The summed E-state index contributed by atoms with van der Waals surface area (Å²) in [7, 11) is 0. The number of carbonyl (C=O) groups is 1. The van der Waals surface area contributed by atoms with Crippen LogP contribution in [0.1, 0.15) is 17.3 Å². The number of benzene rings is 1. The average Bonchev–Trinajstić information content (AvgIpc) is 2.33. The van der Waals surface area contributed by atoms with Crippen molar-refractivity contribution in [2.24, 2.45) is 0 Å². The first kappa shape index (κ1) is 14.8. The van der Waals surface area contributed by atoms with Crippen LogP contribution in [0.5, 0.6) is 0 Å². The minimum absolute atomic E-state index is 0.0404. The predicted molar refractivity (Wildman–Crippen MR) is 72.1 cm³/mol. The maximum absolute atomic E-state index is 13.1. The molecule has 0 aliphatic rings. The summed E-state index contributed by atoms with van der Waals surface area (Å²) < 4.78 is 13.1. The number of nitrogens with one attached hydrogen (secondary N) is 1. The molecule has 2 unspecified atom stereocenters. The van der Waals surface area contributed by atoms with Gasteiger partial charge in [-0.2, -0.15) is 11.8 Å². The number of amides is 1. The van der Waals surface area contributed by atoms with Gasteiger partial charge in [0.15, 0.2) is 0 Å². The van der Waals surface area contributed by atoms with E-state index >= 15 is 0 Å². The summed E-state index contributed by atoms with van der Waals surface area (Å²) in [5, 5.41) is 11.7. The quantitative estimate of drug-likeness (QED) is 0.705. The number of hydrogen-bond acceptors (Lipinski definition) is 4. The van der Waals surface area contributed by atoms with Crippen molar-refractivity contribution in [3.63, 3.8) is 0 Å². The van der Waals surface area contributed by atoms with Gasteiger partial charge in [-0.15, -0.1) is 0 Å². The summed E-state index contributed by atoms with van der Waals surface area (Å²) in [6.45, 7) is 1.74. The van der Waals surface area contributed by atoms with Gasteiger partial charge in [0.05, 0.1) is 12.2 Å². The molecule has 0 saturated carbocycles. The molecule has 4 nitrogen and oxygen atoms in total. The van der Waals surface area contributed by atoms with Crippen LogP contribution < -0.4 is 11.1 Å². The Labute approximate surface area is 110 Å². The van der Waals surface area contributed by atoms with Gasteiger partial charge in [0.2, 0.25) is 0 Å². The Morgan fingerprint density at radius 3 is 2.83 bits per heavy atom.